The van der Waals surface area contributed by atoms with E-state index < -0.39 is 0 Å². The number of nitrogens with two attached hydrogens (primary N) is 1. The van der Waals surface area contributed by atoms with Crippen LogP contribution in [0, 0.1) is 0 Å². The largest absolute Gasteiger partial charge is 0.330 e. The molecule has 1 aliphatic heterocycles. The van der Waals surface area contributed by atoms with Gasteiger partial charge in [0.1, 0.15) is 0 Å². The summed E-state index contributed by atoms with van der Waals surface area (Å²) < 4.78 is 0. The van der Waals surface area contributed by atoms with Crippen LogP contribution in [0.25, 0.3) is 0 Å². The zero-order chi connectivity index (χ0) is 8.97. The van der Waals surface area contributed by atoms with Gasteiger partial charge in [-0.25, -0.2) is 0 Å². The summed E-state index contributed by atoms with van der Waals surface area (Å²) in [5.41, 5.74) is 5.23. The Kier molecular flexibility index (Phi) is 3.90. The first-order chi connectivity index (χ1) is 5.75. The Bertz CT molecular complexity index is 198. The first-order valence-corrected chi connectivity index (χ1v) is 5.54. The Morgan fingerprint density at radius 1 is 1.75 bits per heavy atom. The van der Waals surface area contributed by atoms with Crippen molar-refractivity contribution < 1.29 is 9.59 Å². The molecule has 0 spiro atoms. The number of amides is 2. The maximum Gasteiger partial charge on any atom is 0.289 e. The summed E-state index contributed by atoms with van der Waals surface area (Å²) in [6.45, 7) is 1.01. The lowest BCUT2D eigenvalue weighted by molar-refractivity contribution is 0.220. The van der Waals surface area contributed by atoms with Crippen LogP contribution in [-0.2, 0) is 0 Å². The van der Waals surface area contributed by atoms with Crippen LogP contribution < -0.4 is 5.73 Å². The van der Waals surface area contributed by atoms with Crippen LogP contribution in [0.2, 0.25) is 0 Å². The Balaban J connectivity index is 2.36. The third-order valence-electron chi connectivity index (χ3n) is 1.32. The molecule has 6 heteroatoms. The van der Waals surface area contributed by atoms with Crippen molar-refractivity contribution in [1.29, 1.82) is 0 Å². The van der Waals surface area contributed by atoms with E-state index in [9.17, 15) is 9.59 Å². The van der Waals surface area contributed by atoms with E-state index in [0.29, 0.717) is 24.6 Å². The zero-order valence-electron chi connectivity index (χ0n) is 6.49. The molecule has 1 saturated heterocycles. The second kappa shape index (κ2) is 4.74. The number of carbonyl (C=O) groups excluding carboxylic acids is 2. The van der Waals surface area contributed by atoms with E-state index in [1.54, 1.807) is 0 Å². The monoisotopic (exact) mass is 206 g/mol. The molecule has 68 valence electrons. The number of hydrogen-bond acceptors (Lipinski definition) is 5. The number of hydrogen-bond donors (Lipinski definition) is 1. The van der Waals surface area contributed by atoms with Gasteiger partial charge in [-0.3, -0.25) is 14.5 Å². The van der Waals surface area contributed by atoms with E-state index in [1.165, 1.54) is 16.7 Å². The van der Waals surface area contributed by atoms with Gasteiger partial charge in [0.2, 0.25) is 0 Å². The number of rotatable bonds is 2. The molecule has 0 radical (unpaired) electrons. The highest BCUT2D eigenvalue weighted by Gasteiger charge is 2.26. The molecule has 0 aliphatic carbocycles. The lowest BCUT2D eigenvalue weighted by atomic mass is 10.7. The molecule has 1 heterocycles. The molecule has 0 aromatic carbocycles. The molecule has 0 bridgehead atoms. The smallest absolute Gasteiger partial charge is 0.289 e. The number of nitrogens with zero attached hydrogens (tertiary/aromatic N) is 1. The summed E-state index contributed by atoms with van der Waals surface area (Å²) in [5, 5.41) is -0.306. The summed E-state index contributed by atoms with van der Waals surface area (Å²) in [7, 11) is 0. The molecule has 1 fully saturated rings. The fourth-order valence-corrected chi connectivity index (χ4v) is 2.24. The van der Waals surface area contributed by atoms with Crippen molar-refractivity contribution in [3.63, 3.8) is 0 Å². The zero-order valence-corrected chi connectivity index (χ0v) is 8.12. The van der Waals surface area contributed by atoms with Gasteiger partial charge in [-0.1, -0.05) is 23.5 Å². The van der Waals surface area contributed by atoms with Gasteiger partial charge in [0.05, 0.1) is 0 Å². The van der Waals surface area contributed by atoms with E-state index in [1.807, 2.05) is 0 Å². The SMILES string of the molecule is NCCSC(=O)N1CCSC1=O. The molecule has 0 aromatic rings. The second-order valence-corrected chi connectivity index (χ2v) is 4.26. The maximum absolute atomic E-state index is 11.2. The molecule has 4 nitrogen and oxygen atoms in total. The van der Waals surface area contributed by atoms with E-state index in [0.717, 1.165) is 11.8 Å². The first kappa shape index (κ1) is 9.88. The minimum Gasteiger partial charge on any atom is -0.330 e. The lowest BCUT2D eigenvalue weighted by Crippen LogP contribution is -2.27. The van der Waals surface area contributed by atoms with Gasteiger partial charge < -0.3 is 5.73 Å². The molecule has 1 rings (SSSR count). The van der Waals surface area contributed by atoms with Crippen LogP contribution >= 0.6 is 23.5 Å². The highest BCUT2D eigenvalue weighted by Crippen LogP contribution is 2.21. The summed E-state index contributed by atoms with van der Waals surface area (Å²) in [6, 6.07) is 0. The molecular formula is C6H10N2O2S2. The normalized spacial score (nSPS) is 17.1. The standard InChI is InChI=1S/C6H10N2O2S2/c7-1-3-11-5(9)8-2-4-12-6(8)10/h1-4,7H2. The van der Waals surface area contributed by atoms with Crippen LogP contribution in [0.4, 0.5) is 9.59 Å². The molecular weight excluding hydrogens is 196 g/mol. The number of imide groups is 1. The molecule has 0 saturated carbocycles. The van der Waals surface area contributed by atoms with Crippen molar-refractivity contribution >= 4 is 34.0 Å². The van der Waals surface area contributed by atoms with Crippen LogP contribution in [-0.4, -0.2) is 40.0 Å². The molecule has 12 heavy (non-hydrogen) atoms. The van der Waals surface area contributed by atoms with E-state index in [4.69, 9.17) is 5.73 Å². The van der Waals surface area contributed by atoms with E-state index >= 15 is 0 Å². The second-order valence-electron chi connectivity index (χ2n) is 2.17. The Morgan fingerprint density at radius 2 is 2.50 bits per heavy atom. The highest BCUT2D eigenvalue weighted by molar-refractivity contribution is 8.15. The fraction of sp³-hybridized carbons (Fsp3) is 0.667. The Labute approximate surface area is 79.2 Å². The van der Waals surface area contributed by atoms with Crippen molar-refractivity contribution in [3.05, 3.63) is 0 Å². The summed E-state index contributed by atoms with van der Waals surface area (Å²) >= 11 is 2.29. The minimum absolute atomic E-state index is 0.135. The third-order valence-corrected chi connectivity index (χ3v) is 3.09. The van der Waals surface area contributed by atoms with Gasteiger partial charge in [-0.05, 0) is 0 Å². The van der Waals surface area contributed by atoms with Gasteiger partial charge in [-0.2, -0.15) is 0 Å². The van der Waals surface area contributed by atoms with E-state index in [-0.39, 0.29) is 10.5 Å². The maximum atomic E-state index is 11.2. The Morgan fingerprint density at radius 3 is 3.00 bits per heavy atom. The van der Waals surface area contributed by atoms with Gasteiger partial charge in [0, 0.05) is 24.6 Å². The molecule has 1 aliphatic rings. The highest BCUT2D eigenvalue weighted by atomic mass is 32.2. The van der Waals surface area contributed by atoms with Gasteiger partial charge >= 0.3 is 0 Å². The minimum atomic E-state index is -0.171. The van der Waals surface area contributed by atoms with Crippen molar-refractivity contribution in [1.82, 2.24) is 4.90 Å². The van der Waals surface area contributed by atoms with Crippen LogP contribution in [0.5, 0.6) is 0 Å². The van der Waals surface area contributed by atoms with Gasteiger partial charge in [0.25, 0.3) is 10.5 Å². The van der Waals surface area contributed by atoms with E-state index in [2.05, 4.69) is 0 Å². The predicted octanol–water partition coefficient (Wildman–Crippen LogP) is 0.967. The average molecular weight is 206 g/mol. The third kappa shape index (κ3) is 2.40. The van der Waals surface area contributed by atoms with Crippen LogP contribution in [0.1, 0.15) is 0 Å². The summed E-state index contributed by atoms with van der Waals surface area (Å²) in [6.07, 6.45) is 0. The van der Waals surface area contributed by atoms with Gasteiger partial charge in [0.15, 0.2) is 0 Å². The van der Waals surface area contributed by atoms with Crippen molar-refractivity contribution in [2.24, 2.45) is 5.73 Å². The van der Waals surface area contributed by atoms with Crippen molar-refractivity contribution in [2.45, 2.75) is 0 Å². The molecule has 0 aromatic heterocycles. The predicted molar refractivity (Wildman–Crippen MR) is 51.5 cm³/mol. The summed E-state index contributed by atoms with van der Waals surface area (Å²) in [5.74, 6) is 1.29. The number of thioether (sulfide) groups is 2. The summed E-state index contributed by atoms with van der Waals surface area (Å²) in [4.78, 5) is 23.5. The number of carbonyl (C=O) groups is 2. The van der Waals surface area contributed by atoms with Crippen LogP contribution in [0.3, 0.4) is 0 Å². The molecule has 0 atom stereocenters. The molecule has 0 unspecified atom stereocenters. The fourth-order valence-electron chi connectivity index (χ4n) is 0.783. The quantitative estimate of drug-likeness (QED) is 0.729. The topological polar surface area (TPSA) is 63.4 Å². The lowest BCUT2D eigenvalue weighted by Gasteiger charge is -2.10. The first-order valence-electron chi connectivity index (χ1n) is 3.57. The van der Waals surface area contributed by atoms with Crippen molar-refractivity contribution in [3.8, 4) is 0 Å². The molecule has 2 amide bonds. The van der Waals surface area contributed by atoms with Gasteiger partial charge in [-0.15, -0.1) is 0 Å². The average Bonchev–Trinajstić information content (AvgIpc) is 2.47. The Hall–Kier alpha value is -0.200. The van der Waals surface area contributed by atoms with Crippen LogP contribution in [0.15, 0.2) is 0 Å². The molecule has 2 N–H and O–H groups in total. The van der Waals surface area contributed by atoms with Crippen molar-refractivity contribution in [2.75, 3.05) is 24.6 Å².